The molecule has 0 heterocycles. The highest BCUT2D eigenvalue weighted by Crippen LogP contribution is 2.20. The summed E-state index contributed by atoms with van der Waals surface area (Å²) in [6.45, 7) is 5.89. The quantitative estimate of drug-likeness (QED) is 0.792. The Balaban J connectivity index is 2.52. The Hall–Kier alpha value is -1.20. The standard InChI is InChI=1S/C13H16BrFN2O/c1-3-6-16-13(18)8-17-9(2)11-5-4-10(14)7-12(11)15/h3-5,7,9,17H,1,6,8H2,2H3,(H,16,18)/t9-/m0/s1. The predicted octanol–water partition coefficient (Wildman–Crippen LogP) is 2.54. The highest BCUT2D eigenvalue weighted by molar-refractivity contribution is 9.10. The minimum absolute atomic E-state index is 0.140. The summed E-state index contributed by atoms with van der Waals surface area (Å²) in [5.74, 6) is -0.435. The number of benzene rings is 1. The SMILES string of the molecule is C=CCNC(=O)CN[C@@H](C)c1ccc(Br)cc1F. The van der Waals surface area contributed by atoms with Crippen LogP contribution in [0.3, 0.4) is 0 Å². The van der Waals surface area contributed by atoms with Gasteiger partial charge in [0.1, 0.15) is 5.82 Å². The maximum absolute atomic E-state index is 13.6. The lowest BCUT2D eigenvalue weighted by Crippen LogP contribution is -2.35. The molecule has 1 amide bonds. The van der Waals surface area contributed by atoms with Gasteiger partial charge < -0.3 is 10.6 Å². The summed E-state index contributed by atoms with van der Waals surface area (Å²) in [4.78, 5) is 11.4. The van der Waals surface area contributed by atoms with Crippen molar-refractivity contribution in [2.45, 2.75) is 13.0 Å². The Morgan fingerprint density at radius 2 is 2.33 bits per heavy atom. The van der Waals surface area contributed by atoms with Crippen molar-refractivity contribution in [3.63, 3.8) is 0 Å². The number of hydrogen-bond donors (Lipinski definition) is 2. The topological polar surface area (TPSA) is 41.1 Å². The zero-order valence-electron chi connectivity index (χ0n) is 10.2. The summed E-state index contributed by atoms with van der Waals surface area (Å²) < 4.78 is 14.3. The molecule has 0 spiro atoms. The second-order valence-corrected chi connectivity index (χ2v) is 4.78. The summed E-state index contributed by atoms with van der Waals surface area (Å²) in [5, 5.41) is 5.61. The van der Waals surface area contributed by atoms with Crippen LogP contribution < -0.4 is 10.6 Å². The molecule has 0 unspecified atom stereocenters. The van der Waals surface area contributed by atoms with Gasteiger partial charge >= 0.3 is 0 Å². The first-order valence-electron chi connectivity index (χ1n) is 5.60. The smallest absolute Gasteiger partial charge is 0.234 e. The molecule has 1 aromatic carbocycles. The van der Waals surface area contributed by atoms with Crippen LogP contribution in [0.25, 0.3) is 0 Å². The molecule has 0 saturated carbocycles. The molecule has 5 heteroatoms. The summed E-state index contributed by atoms with van der Waals surface area (Å²) in [6.07, 6.45) is 1.61. The number of carbonyl (C=O) groups excluding carboxylic acids is 1. The van der Waals surface area contributed by atoms with Crippen LogP contribution in [-0.4, -0.2) is 19.0 Å². The van der Waals surface area contributed by atoms with E-state index < -0.39 is 0 Å². The maximum Gasteiger partial charge on any atom is 0.234 e. The number of carbonyl (C=O) groups is 1. The van der Waals surface area contributed by atoms with E-state index in [2.05, 4.69) is 33.1 Å². The Labute approximate surface area is 115 Å². The lowest BCUT2D eigenvalue weighted by molar-refractivity contribution is -0.120. The highest BCUT2D eigenvalue weighted by atomic mass is 79.9. The highest BCUT2D eigenvalue weighted by Gasteiger charge is 2.11. The van der Waals surface area contributed by atoms with Gasteiger partial charge in [0, 0.05) is 22.6 Å². The molecule has 0 aliphatic carbocycles. The average Bonchev–Trinajstić information content (AvgIpc) is 2.33. The van der Waals surface area contributed by atoms with Crippen molar-refractivity contribution in [2.75, 3.05) is 13.1 Å². The molecule has 98 valence electrons. The van der Waals surface area contributed by atoms with Crippen molar-refractivity contribution in [1.82, 2.24) is 10.6 Å². The summed E-state index contributed by atoms with van der Waals surface area (Å²) >= 11 is 3.20. The number of amides is 1. The second-order valence-electron chi connectivity index (χ2n) is 3.86. The Bertz CT molecular complexity index is 437. The van der Waals surface area contributed by atoms with Crippen LogP contribution in [0.15, 0.2) is 35.3 Å². The van der Waals surface area contributed by atoms with Gasteiger partial charge in [-0.05, 0) is 19.1 Å². The molecule has 0 bridgehead atoms. The van der Waals surface area contributed by atoms with E-state index in [9.17, 15) is 9.18 Å². The zero-order chi connectivity index (χ0) is 13.5. The van der Waals surface area contributed by atoms with Crippen molar-refractivity contribution >= 4 is 21.8 Å². The Kier molecular flexibility index (Phi) is 6.01. The van der Waals surface area contributed by atoms with E-state index in [1.807, 2.05) is 6.92 Å². The van der Waals surface area contributed by atoms with Gasteiger partial charge in [-0.2, -0.15) is 0 Å². The summed E-state index contributed by atoms with van der Waals surface area (Å²) in [7, 11) is 0. The number of nitrogens with one attached hydrogen (secondary N) is 2. The van der Waals surface area contributed by atoms with E-state index >= 15 is 0 Å². The Morgan fingerprint density at radius 3 is 2.94 bits per heavy atom. The first kappa shape index (κ1) is 14.9. The van der Waals surface area contributed by atoms with E-state index in [4.69, 9.17) is 0 Å². The molecular weight excluding hydrogens is 299 g/mol. The van der Waals surface area contributed by atoms with Gasteiger partial charge in [0.15, 0.2) is 0 Å². The lowest BCUT2D eigenvalue weighted by atomic mass is 10.1. The largest absolute Gasteiger partial charge is 0.352 e. The van der Waals surface area contributed by atoms with Crippen molar-refractivity contribution in [3.8, 4) is 0 Å². The van der Waals surface area contributed by atoms with Gasteiger partial charge in [-0.1, -0.05) is 28.1 Å². The number of halogens is 2. The van der Waals surface area contributed by atoms with Gasteiger partial charge in [0.05, 0.1) is 6.54 Å². The predicted molar refractivity (Wildman–Crippen MR) is 73.7 cm³/mol. The van der Waals surface area contributed by atoms with Crippen LogP contribution in [0.1, 0.15) is 18.5 Å². The molecule has 0 aliphatic heterocycles. The normalized spacial score (nSPS) is 11.9. The minimum atomic E-state index is -0.295. The molecule has 0 aliphatic rings. The fraction of sp³-hybridized carbons (Fsp3) is 0.308. The lowest BCUT2D eigenvalue weighted by Gasteiger charge is -2.15. The molecule has 0 radical (unpaired) electrons. The van der Waals surface area contributed by atoms with E-state index in [0.717, 1.165) is 0 Å². The second kappa shape index (κ2) is 7.28. The molecule has 1 atom stereocenters. The molecule has 3 nitrogen and oxygen atoms in total. The average molecular weight is 315 g/mol. The van der Waals surface area contributed by atoms with E-state index in [1.54, 1.807) is 18.2 Å². The molecule has 0 aromatic heterocycles. The van der Waals surface area contributed by atoms with E-state index in [-0.39, 0.29) is 24.3 Å². The van der Waals surface area contributed by atoms with Crippen LogP contribution in [0.2, 0.25) is 0 Å². The molecule has 0 saturated heterocycles. The molecule has 2 N–H and O–H groups in total. The third-order valence-electron chi connectivity index (χ3n) is 2.44. The van der Waals surface area contributed by atoms with Crippen molar-refractivity contribution in [3.05, 3.63) is 46.7 Å². The molecule has 1 aromatic rings. The first-order valence-corrected chi connectivity index (χ1v) is 6.39. The van der Waals surface area contributed by atoms with Crippen molar-refractivity contribution in [2.24, 2.45) is 0 Å². The van der Waals surface area contributed by atoms with Crippen molar-refractivity contribution < 1.29 is 9.18 Å². The van der Waals surface area contributed by atoms with Crippen LogP contribution >= 0.6 is 15.9 Å². The third-order valence-corrected chi connectivity index (χ3v) is 2.93. The van der Waals surface area contributed by atoms with Gasteiger partial charge in [-0.15, -0.1) is 6.58 Å². The van der Waals surface area contributed by atoms with Gasteiger partial charge in [0.2, 0.25) is 5.91 Å². The maximum atomic E-state index is 13.6. The summed E-state index contributed by atoms with van der Waals surface area (Å²) in [5.41, 5.74) is 0.537. The van der Waals surface area contributed by atoms with Gasteiger partial charge in [-0.25, -0.2) is 4.39 Å². The fourth-order valence-corrected chi connectivity index (χ4v) is 1.79. The van der Waals surface area contributed by atoms with Crippen molar-refractivity contribution in [1.29, 1.82) is 0 Å². The van der Waals surface area contributed by atoms with E-state index in [0.29, 0.717) is 16.6 Å². The van der Waals surface area contributed by atoms with Crippen LogP contribution in [0.4, 0.5) is 4.39 Å². The first-order chi connectivity index (χ1) is 8.54. The Morgan fingerprint density at radius 1 is 1.61 bits per heavy atom. The van der Waals surface area contributed by atoms with E-state index in [1.165, 1.54) is 6.07 Å². The molecule has 18 heavy (non-hydrogen) atoms. The molecule has 0 fully saturated rings. The fourth-order valence-electron chi connectivity index (χ4n) is 1.46. The third kappa shape index (κ3) is 4.58. The van der Waals surface area contributed by atoms with Crippen LogP contribution in [0.5, 0.6) is 0 Å². The monoisotopic (exact) mass is 314 g/mol. The number of hydrogen-bond acceptors (Lipinski definition) is 2. The van der Waals surface area contributed by atoms with Crippen LogP contribution in [-0.2, 0) is 4.79 Å². The van der Waals surface area contributed by atoms with Gasteiger partial charge in [0.25, 0.3) is 0 Å². The minimum Gasteiger partial charge on any atom is -0.352 e. The molecular formula is C13H16BrFN2O. The summed E-state index contributed by atoms with van der Waals surface area (Å²) in [6, 6.07) is 4.64. The van der Waals surface area contributed by atoms with Crippen LogP contribution in [0, 0.1) is 5.82 Å². The van der Waals surface area contributed by atoms with Gasteiger partial charge in [-0.3, -0.25) is 4.79 Å². The molecule has 1 rings (SSSR count). The number of rotatable bonds is 6. The zero-order valence-corrected chi connectivity index (χ0v) is 11.8.